The summed E-state index contributed by atoms with van der Waals surface area (Å²) in [6, 6.07) is 17.0. The van der Waals surface area contributed by atoms with E-state index in [9.17, 15) is 4.79 Å². The number of ether oxygens (including phenoxy) is 1. The summed E-state index contributed by atoms with van der Waals surface area (Å²) in [4.78, 5) is 12.3. The monoisotopic (exact) mass is 365 g/mol. The molecule has 0 spiro atoms. The van der Waals surface area contributed by atoms with Crippen LogP contribution in [-0.2, 0) is 6.54 Å². The zero-order chi connectivity index (χ0) is 17.9. The highest BCUT2D eigenvalue weighted by Crippen LogP contribution is 2.28. The Balaban J connectivity index is 1.62. The maximum absolute atomic E-state index is 12.3. The summed E-state index contributed by atoms with van der Waals surface area (Å²) < 4.78 is 10.6. The molecule has 0 aliphatic carbocycles. The summed E-state index contributed by atoms with van der Waals surface area (Å²) in [5, 5.41) is 13.4. The van der Waals surface area contributed by atoms with E-state index in [1.54, 1.807) is 25.3 Å². The Labute approximate surface area is 153 Å². The highest BCUT2D eigenvalue weighted by atomic mass is 32.1. The van der Waals surface area contributed by atoms with E-state index in [0.717, 1.165) is 10.9 Å². The molecule has 0 saturated carbocycles. The minimum absolute atomic E-state index is 0.385. The Morgan fingerprint density at radius 3 is 2.77 bits per heavy atom. The molecule has 2 aromatic heterocycles. The van der Waals surface area contributed by atoms with Gasteiger partial charge in [-0.3, -0.25) is 0 Å². The fourth-order valence-corrected chi connectivity index (χ4v) is 3.30. The second-order valence-electron chi connectivity index (χ2n) is 5.60. The molecule has 0 aliphatic rings. The lowest BCUT2D eigenvalue weighted by Gasteiger charge is -2.02. The fourth-order valence-electron chi connectivity index (χ4n) is 2.55. The third-order valence-electron chi connectivity index (χ3n) is 3.88. The van der Waals surface area contributed by atoms with Gasteiger partial charge in [-0.25, -0.2) is 4.79 Å². The Kier molecular flexibility index (Phi) is 4.37. The van der Waals surface area contributed by atoms with Gasteiger partial charge in [-0.05, 0) is 29.8 Å². The molecule has 1 N–H and O–H groups in total. The van der Waals surface area contributed by atoms with Crippen LogP contribution in [0.15, 0.2) is 63.8 Å². The number of hydrogen-bond acceptors (Lipinski definition) is 7. The number of methoxy groups -OCH3 is 1. The quantitative estimate of drug-likeness (QED) is 0.540. The zero-order valence-electron chi connectivity index (χ0n) is 13.9. The highest BCUT2D eigenvalue weighted by molar-refractivity contribution is 7.18. The number of rotatable bonds is 5. The van der Waals surface area contributed by atoms with Gasteiger partial charge in [0.15, 0.2) is 5.01 Å². The lowest BCUT2D eigenvalue weighted by Crippen LogP contribution is -2.02. The molecule has 2 aromatic carbocycles. The number of nitrogens with one attached hydrogen (secondary N) is 1. The molecule has 2 heterocycles. The molecule has 0 aliphatic heterocycles. The Hall–Kier alpha value is -3.19. The third-order valence-corrected chi connectivity index (χ3v) is 4.80. The smallest absolute Gasteiger partial charge is 0.346 e. The van der Waals surface area contributed by atoms with Crippen LogP contribution in [0.4, 0.5) is 5.13 Å². The normalized spacial score (nSPS) is 10.8. The largest absolute Gasteiger partial charge is 0.497 e. The van der Waals surface area contributed by atoms with E-state index in [4.69, 9.17) is 9.15 Å². The van der Waals surface area contributed by atoms with Crippen molar-refractivity contribution in [3.05, 3.63) is 70.6 Å². The Bertz CT molecular complexity index is 1110. The Morgan fingerprint density at radius 2 is 1.96 bits per heavy atom. The van der Waals surface area contributed by atoms with Crippen LogP contribution in [0, 0.1) is 0 Å². The van der Waals surface area contributed by atoms with Gasteiger partial charge in [0.1, 0.15) is 11.3 Å². The maximum Gasteiger partial charge on any atom is 0.346 e. The van der Waals surface area contributed by atoms with Crippen LogP contribution in [0.2, 0.25) is 0 Å². The minimum atomic E-state index is -0.437. The maximum atomic E-state index is 12.3. The molecule has 0 radical (unpaired) electrons. The first-order valence-electron chi connectivity index (χ1n) is 7.96. The molecule has 26 heavy (non-hydrogen) atoms. The molecule has 0 amide bonds. The number of aromatic nitrogens is 2. The summed E-state index contributed by atoms with van der Waals surface area (Å²) in [5.41, 5.74) is 1.59. The predicted molar refractivity (Wildman–Crippen MR) is 102 cm³/mol. The van der Waals surface area contributed by atoms with Crippen LogP contribution in [0.3, 0.4) is 0 Å². The average Bonchev–Trinajstić information content (AvgIpc) is 3.15. The van der Waals surface area contributed by atoms with Gasteiger partial charge in [0, 0.05) is 11.9 Å². The number of benzene rings is 2. The van der Waals surface area contributed by atoms with E-state index in [0.29, 0.717) is 33.6 Å². The van der Waals surface area contributed by atoms with Crippen LogP contribution in [0.25, 0.3) is 21.5 Å². The summed E-state index contributed by atoms with van der Waals surface area (Å²) in [6.45, 7) is 0.638. The van der Waals surface area contributed by atoms with Crippen molar-refractivity contribution < 1.29 is 9.15 Å². The van der Waals surface area contributed by atoms with E-state index in [1.807, 2.05) is 36.4 Å². The average molecular weight is 365 g/mol. The summed E-state index contributed by atoms with van der Waals surface area (Å²) in [5.74, 6) is 0.694. The second kappa shape index (κ2) is 6.97. The molecular formula is C19H15N3O3S. The second-order valence-corrected chi connectivity index (χ2v) is 6.58. The van der Waals surface area contributed by atoms with Gasteiger partial charge in [-0.2, -0.15) is 0 Å². The van der Waals surface area contributed by atoms with Gasteiger partial charge in [-0.15, -0.1) is 10.2 Å². The molecule has 0 fully saturated rings. The minimum Gasteiger partial charge on any atom is -0.497 e. The third kappa shape index (κ3) is 3.29. The highest BCUT2D eigenvalue weighted by Gasteiger charge is 2.13. The first kappa shape index (κ1) is 16.3. The topological polar surface area (TPSA) is 77.2 Å². The van der Waals surface area contributed by atoms with Gasteiger partial charge in [0.05, 0.1) is 12.7 Å². The first-order chi connectivity index (χ1) is 12.7. The van der Waals surface area contributed by atoms with Crippen molar-refractivity contribution in [1.82, 2.24) is 10.2 Å². The molecule has 6 nitrogen and oxygen atoms in total. The van der Waals surface area contributed by atoms with Crippen molar-refractivity contribution in [1.29, 1.82) is 0 Å². The van der Waals surface area contributed by atoms with Crippen molar-refractivity contribution >= 4 is 27.4 Å². The molecular weight excluding hydrogens is 350 g/mol. The zero-order valence-corrected chi connectivity index (χ0v) is 14.7. The van der Waals surface area contributed by atoms with Gasteiger partial charge in [0.25, 0.3) is 0 Å². The van der Waals surface area contributed by atoms with Gasteiger partial charge in [0.2, 0.25) is 5.13 Å². The SMILES string of the molecule is COc1ccc2oc(=O)c(-c3nnc(NCc4ccccc4)s3)cc2c1. The molecule has 4 aromatic rings. The lowest BCUT2D eigenvalue weighted by atomic mass is 10.2. The van der Waals surface area contributed by atoms with E-state index in [1.165, 1.54) is 11.3 Å². The van der Waals surface area contributed by atoms with E-state index in [-0.39, 0.29) is 0 Å². The van der Waals surface area contributed by atoms with E-state index in [2.05, 4.69) is 15.5 Å². The molecule has 130 valence electrons. The van der Waals surface area contributed by atoms with Crippen molar-refractivity contribution in [3.8, 4) is 16.3 Å². The lowest BCUT2D eigenvalue weighted by molar-refractivity contribution is 0.415. The van der Waals surface area contributed by atoms with Crippen LogP contribution >= 0.6 is 11.3 Å². The number of hydrogen-bond donors (Lipinski definition) is 1. The molecule has 0 atom stereocenters. The standard InChI is InChI=1S/C19H15N3O3S/c1-24-14-7-8-16-13(9-14)10-15(18(23)25-16)17-21-22-19(26-17)20-11-12-5-3-2-4-6-12/h2-10H,11H2,1H3,(H,20,22). The summed E-state index contributed by atoms with van der Waals surface area (Å²) >= 11 is 1.31. The van der Waals surface area contributed by atoms with E-state index < -0.39 is 5.63 Å². The molecule has 0 bridgehead atoms. The molecule has 4 rings (SSSR count). The summed E-state index contributed by atoms with van der Waals surface area (Å²) in [7, 11) is 1.59. The van der Waals surface area contributed by atoms with Crippen LogP contribution < -0.4 is 15.7 Å². The summed E-state index contributed by atoms with van der Waals surface area (Å²) in [6.07, 6.45) is 0. The predicted octanol–water partition coefficient (Wildman–Crippen LogP) is 3.93. The van der Waals surface area contributed by atoms with Crippen molar-refractivity contribution in [2.75, 3.05) is 12.4 Å². The number of anilines is 1. The van der Waals surface area contributed by atoms with Crippen LogP contribution in [-0.4, -0.2) is 17.3 Å². The van der Waals surface area contributed by atoms with Crippen LogP contribution in [0.5, 0.6) is 5.75 Å². The van der Waals surface area contributed by atoms with Gasteiger partial charge in [-0.1, -0.05) is 41.7 Å². The molecule has 7 heteroatoms. The van der Waals surface area contributed by atoms with E-state index >= 15 is 0 Å². The number of fused-ring (bicyclic) bond motifs is 1. The van der Waals surface area contributed by atoms with Gasteiger partial charge >= 0.3 is 5.63 Å². The van der Waals surface area contributed by atoms with Crippen molar-refractivity contribution in [3.63, 3.8) is 0 Å². The van der Waals surface area contributed by atoms with Crippen LogP contribution in [0.1, 0.15) is 5.56 Å². The van der Waals surface area contributed by atoms with Crippen molar-refractivity contribution in [2.45, 2.75) is 6.54 Å². The molecule has 0 unspecified atom stereocenters. The molecule has 0 saturated heterocycles. The fraction of sp³-hybridized carbons (Fsp3) is 0.105. The Morgan fingerprint density at radius 1 is 1.12 bits per heavy atom. The number of nitrogens with zero attached hydrogens (tertiary/aromatic N) is 2. The van der Waals surface area contributed by atoms with Crippen molar-refractivity contribution in [2.24, 2.45) is 0 Å². The first-order valence-corrected chi connectivity index (χ1v) is 8.78. The van der Waals surface area contributed by atoms with Gasteiger partial charge < -0.3 is 14.5 Å².